The largest absolute Gasteiger partial charge is 0.465 e. The Hall–Kier alpha value is -4.29. The van der Waals surface area contributed by atoms with Crippen LogP contribution >= 0.6 is 0 Å². The lowest BCUT2D eigenvalue weighted by Gasteiger charge is -2.32. The molecular formula is C19H22N10O3. The number of anilines is 3. The van der Waals surface area contributed by atoms with E-state index in [1.54, 1.807) is 24.3 Å². The van der Waals surface area contributed by atoms with Crippen molar-refractivity contribution >= 4 is 29.3 Å². The molecule has 13 nitrogen and oxygen atoms in total. The molecule has 0 aliphatic heterocycles. The van der Waals surface area contributed by atoms with Crippen molar-refractivity contribution in [3.63, 3.8) is 0 Å². The number of amides is 2. The number of primary amides is 1. The van der Waals surface area contributed by atoms with E-state index in [0.29, 0.717) is 23.1 Å². The Morgan fingerprint density at radius 2 is 1.81 bits per heavy atom. The van der Waals surface area contributed by atoms with Crippen LogP contribution in [0.15, 0.2) is 36.7 Å². The monoisotopic (exact) mass is 438 g/mol. The molecule has 13 heteroatoms. The van der Waals surface area contributed by atoms with E-state index < -0.39 is 12.0 Å². The van der Waals surface area contributed by atoms with Gasteiger partial charge in [-0.2, -0.15) is 10.2 Å². The number of hydrogen-bond donors (Lipinski definition) is 5. The van der Waals surface area contributed by atoms with Gasteiger partial charge in [0.2, 0.25) is 0 Å². The maximum Gasteiger partial charge on any atom is 0.404 e. The van der Waals surface area contributed by atoms with Crippen molar-refractivity contribution in [2.45, 2.75) is 37.8 Å². The van der Waals surface area contributed by atoms with Crippen LogP contribution in [0.2, 0.25) is 0 Å². The minimum atomic E-state index is -1.07. The fourth-order valence-electron chi connectivity index (χ4n) is 3.64. The van der Waals surface area contributed by atoms with Crippen molar-refractivity contribution < 1.29 is 14.7 Å². The Morgan fingerprint density at radius 3 is 2.53 bits per heavy atom. The molecule has 0 radical (unpaired) electrons. The Kier molecular flexibility index (Phi) is 6.05. The van der Waals surface area contributed by atoms with E-state index >= 15 is 0 Å². The summed E-state index contributed by atoms with van der Waals surface area (Å²) in [5.74, 6) is 0.529. The van der Waals surface area contributed by atoms with Crippen LogP contribution in [0.25, 0.3) is 5.82 Å². The van der Waals surface area contributed by atoms with Gasteiger partial charge in [0.15, 0.2) is 17.3 Å². The Morgan fingerprint density at radius 1 is 1.06 bits per heavy atom. The van der Waals surface area contributed by atoms with E-state index in [9.17, 15) is 9.59 Å². The van der Waals surface area contributed by atoms with E-state index in [2.05, 4.69) is 41.3 Å². The standard InChI is InChI=1S/C19H22N10O3/c20-18(30)17-13(24-14-6-3-7-16(26-14)29-21-8-9-22-29)10-15(27-28-17)23-11-4-1-2-5-12(11)25-19(31)32/h3,6-12,25H,1-2,4-5H2,(H2,20,30)(H,31,32)(H2,23,24,26,27). The van der Waals surface area contributed by atoms with Crippen LogP contribution in [-0.2, 0) is 0 Å². The molecule has 2 unspecified atom stereocenters. The van der Waals surface area contributed by atoms with Crippen LogP contribution in [0.1, 0.15) is 36.2 Å². The highest BCUT2D eigenvalue weighted by Gasteiger charge is 2.27. The highest BCUT2D eigenvalue weighted by atomic mass is 16.4. The first kappa shape index (κ1) is 21.0. The summed E-state index contributed by atoms with van der Waals surface area (Å²) in [7, 11) is 0. The van der Waals surface area contributed by atoms with Crippen molar-refractivity contribution in [1.82, 2.24) is 35.5 Å². The van der Waals surface area contributed by atoms with Crippen LogP contribution in [-0.4, -0.2) is 59.4 Å². The summed E-state index contributed by atoms with van der Waals surface area (Å²) >= 11 is 0. The lowest BCUT2D eigenvalue weighted by molar-refractivity contribution is 0.0995. The van der Waals surface area contributed by atoms with Crippen molar-refractivity contribution in [3.8, 4) is 5.82 Å². The number of aromatic nitrogens is 6. The number of nitrogens with two attached hydrogens (primary N) is 1. The summed E-state index contributed by atoms with van der Waals surface area (Å²) in [6, 6.07) is 6.38. The first-order valence-electron chi connectivity index (χ1n) is 10.0. The molecule has 1 aliphatic carbocycles. The number of rotatable bonds is 7. The van der Waals surface area contributed by atoms with Gasteiger partial charge in [0.1, 0.15) is 5.82 Å². The molecule has 0 saturated heterocycles. The molecule has 3 aromatic rings. The van der Waals surface area contributed by atoms with Crippen molar-refractivity contribution in [2.75, 3.05) is 10.6 Å². The molecule has 2 atom stereocenters. The number of carbonyl (C=O) groups excluding carboxylic acids is 1. The highest BCUT2D eigenvalue weighted by molar-refractivity contribution is 5.97. The predicted molar refractivity (Wildman–Crippen MR) is 114 cm³/mol. The molecular weight excluding hydrogens is 416 g/mol. The van der Waals surface area contributed by atoms with Gasteiger partial charge >= 0.3 is 6.09 Å². The second-order valence-corrected chi connectivity index (χ2v) is 7.27. The average Bonchev–Trinajstić information content (AvgIpc) is 3.30. The zero-order chi connectivity index (χ0) is 22.5. The van der Waals surface area contributed by atoms with Crippen LogP contribution in [0, 0.1) is 0 Å². The van der Waals surface area contributed by atoms with E-state index in [1.165, 1.54) is 17.2 Å². The fraction of sp³-hybridized carbons (Fsp3) is 0.316. The maximum atomic E-state index is 11.9. The van der Waals surface area contributed by atoms with Gasteiger partial charge in [-0.05, 0) is 25.0 Å². The second kappa shape index (κ2) is 9.24. The van der Waals surface area contributed by atoms with E-state index in [-0.39, 0.29) is 17.8 Å². The van der Waals surface area contributed by atoms with Gasteiger partial charge in [-0.1, -0.05) is 18.9 Å². The summed E-state index contributed by atoms with van der Waals surface area (Å²) in [6.45, 7) is 0. The van der Waals surface area contributed by atoms with E-state index in [0.717, 1.165) is 25.7 Å². The molecule has 0 aromatic carbocycles. The molecule has 3 aromatic heterocycles. The van der Waals surface area contributed by atoms with Gasteiger partial charge in [0.05, 0.1) is 24.1 Å². The molecule has 3 heterocycles. The van der Waals surface area contributed by atoms with Gasteiger partial charge < -0.3 is 26.8 Å². The summed E-state index contributed by atoms with van der Waals surface area (Å²) in [4.78, 5) is 28.8. The fourth-order valence-corrected chi connectivity index (χ4v) is 3.64. The quantitative estimate of drug-likeness (QED) is 0.360. The summed E-state index contributed by atoms with van der Waals surface area (Å²) in [5.41, 5.74) is 5.72. The maximum absolute atomic E-state index is 11.9. The first-order chi connectivity index (χ1) is 15.5. The van der Waals surface area contributed by atoms with Gasteiger partial charge in [0.25, 0.3) is 5.91 Å². The van der Waals surface area contributed by atoms with Crippen molar-refractivity contribution in [3.05, 3.63) is 42.4 Å². The van der Waals surface area contributed by atoms with Crippen LogP contribution in [0.5, 0.6) is 0 Å². The predicted octanol–water partition coefficient (Wildman–Crippen LogP) is 1.29. The third kappa shape index (κ3) is 4.88. The van der Waals surface area contributed by atoms with Crippen LogP contribution < -0.4 is 21.7 Å². The zero-order valence-electron chi connectivity index (χ0n) is 17.0. The molecule has 1 aliphatic rings. The number of nitrogens with one attached hydrogen (secondary N) is 3. The van der Waals surface area contributed by atoms with Crippen molar-refractivity contribution in [1.29, 1.82) is 0 Å². The second-order valence-electron chi connectivity index (χ2n) is 7.27. The molecule has 6 N–H and O–H groups in total. The Balaban J connectivity index is 1.58. The molecule has 2 amide bonds. The molecule has 32 heavy (non-hydrogen) atoms. The lowest BCUT2D eigenvalue weighted by atomic mass is 9.90. The summed E-state index contributed by atoms with van der Waals surface area (Å²) in [5, 5.41) is 34.0. The molecule has 0 bridgehead atoms. The molecule has 166 valence electrons. The Labute approximate surface area is 182 Å². The van der Waals surface area contributed by atoms with Gasteiger partial charge in [-0.15, -0.1) is 15.0 Å². The molecule has 4 rings (SSSR count). The van der Waals surface area contributed by atoms with Gasteiger partial charge in [-0.3, -0.25) is 4.79 Å². The third-order valence-electron chi connectivity index (χ3n) is 5.06. The number of carbonyl (C=O) groups is 2. The van der Waals surface area contributed by atoms with Crippen LogP contribution in [0.4, 0.5) is 22.1 Å². The number of carboxylic acid groups (broad SMARTS) is 1. The summed E-state index contributed by atoms with van der Waals surface area (Å²) < 4.78 is 0. The highest BCUT2D eigenvalue weighted by Crippen LogP contribution is 2.25. The van der Waals surface area contributed by atoms with Gasteiger partial charge in [-0.25, -0.2) is 9.78 Å². The average molecular weight is 438 g/mol. The van der Waals surface area contributed by atoms with E-state index in [1.807, 2.05) is 0 Å². The smallest absolute Gasteiger partial charge is 0.404 e. The normalized spacial score (nSPS) is 18.0. The molecule has 0 spiro atoms. The molecule has 1 fully saturated rings. The lowest BCUT2D eigenvalue weighted by Crippen LogP contribution is -2.48. The van der Waals surface area contributed by atoms with Crippen molar-refractivity contribution in [2.24, 2.45) is 5.73 Å². The third-order valence-corrected chi connectivity index (χ3v) is 5.06. The summed E-state index contributed by atoms with van der Waals surface area (Å²) in [6.07, 6.45) is 5.40. The number of nitrogens with zero attached hydrogens (tertiary/aromatic N) is 6. The SMILES string of the molecule is NC(=O)c1nnc(NC2CCCCC2NC(=O)O)cc1Nc1cccc(-n2nccn2)n1. The topological polar surface area (TPSA) is 186 Å². The molecule has 1 saturated carbocycles. The minimum absolute atomic E-state index is 0.0520. The number of hydrogen-bond acceptors (Lipinski definition) is 9. The van der Waals surface area contributed by atoms with E-state index in [4.69, 9.17) is 10.8 Å². The number of pyridine rings is 1. The van der Waals surface area contributed by atoms with Gasteiger partial charge in [0, 0.05) is 12.1 Å². The first-order valence-corrected chi connectivity index (χ1v) is 10.0. The zero-order valence-corrected chi connectivity index (χ0v) is 17.0. The Bertz CT molecular complexity index is 1100. The minimum Gasteiger partial charge on any atom is -0.465 e. The van der Waals surface area contributed by atoms with Crippen LogP contribution in [0.3, 0.4) is 0 Å².